The number of phenolic OH excluding ortho intramolecular Hbond substituents is 1. The molecule has 4 aromatic carbocycles. The normalized spacial score (nSPS) is 12.7. The molecule has 0 aromatic heterocycles. The SMILES string of the molecule is C[C@@H](CC/C=C/C(=O)Nc1ccccc1N)[C@H](OC(=O)Nc1cccc2ccccc12)c1cc(Br)cc(Br)c1O. The minimum atomic E-state index is -0.768. The lowest BCUT2D eigenvalue weighted by atomic mass is 9.92. The number of nitrogens with two attached hydrogens (primary N) is 1. The van der Waals surface area contributed by atoms with Crippen LogP contribution in [0, 0.1) is 5.92 Å². The van der Waals surface area contributed by atoms with Gasteiger partial charge in [-0.1, -0.05) is 77.5 Å². The van der Waals surface area contributed by atoms with Crippen LogP contribution in [0.2, 0.25) is 0 Å². The van der Waals surface area contributed by atoms with Crippen LogP contribution >= 0.6 is 31.9 Å². The highest BCUT2D eigenvalue weighted by molar-refractivity contribution is 9.11. The Morgan fingerprint density at radius 1 is 0.975 bits per heavy atom. The minimum absolute atomic E-state index is 0.00613. The van der Waals surface area contributed by atoms with Crippen molar-refractivity contribution in [3.8, 4) is 5.75 Å². The molecular formula is C31H29Br2N3O4. The van der Waals surface area contributed by atoms with Gasteiger partial charge in [0, 0.05) is 15.4 Å². The van der Waals surface area contributed by atoms with Crippen LogP contribution in [0.1, 0.15) is 31.4 Å². The van der Waals surface area contributed by atoms with Gasteiger partial charge < -0.3 is 20.9 Å². The van der Waals surface area contributed by atoms with E-state index in [1.54, 1.807) is 42.5 Å². The number of nitrogen functional groups attached to an aromatic ring is 1. The molecule has 0 aliphatic rings. The van der Waals surface area contributed by atoms with E-state index in [0.717, 1.165) is 15.2 Å². The van der Waals surface area contributed by atoms with Crippen LogP contribution in [-0.4, -0.2) is 17.1 Å². The van der Waals surface area contributed by atoms with Gasteiger partial charge in [0.2, 0.25) is 5.91 Å². The van der Waals surface area contributed by atoms with Gasteiger partial charge in [0.15, 0.2) is 0 Å². The van der Waals surface area contributed by atoms with E-state index in [9.17, 15) is 14.7 Å². The second-order valence-electron chi connectivity index (χ2n) is 9.34. The number of nitrogens with one attached hydrogen (secondary N) is 2. The number of rotatable bonds is 9. The first kappa shape index (κ1) is 29.2. The van der Waals surface area contributed by atoms with Gasteiger partial charge in [-0.15, -0.1) is 0 Å². The average Bonchev–Trinajstić information content (AvgIpc) is 2.93. The van der Waals surface area contributed by atoms with Crippen LogP contribution in [0.15, 0.2) is 100.0 Å². The maximum atomic E-state index is 13.1. The summed E-state index contributed by atoms with van der Waals surface area (Å²) in [6.07, 6.45) is 2.92. The maximum absolute atomic E-state index is 13.1. The molecule has 0 unspecified atom stereocenters. The van der Waals surface area contributed by atoms with Crippen LogP contribution in [0.5, 0.6) is 5.75 Å². The first-order valence-corrected chi connectivity index (χ1v) is 14.3. The summed E-state index contributed by atoms with van der Waals surface area (Å²) in [6.45, 7) is 1.93. The van der Waals surface area contributed by atoms with E-state index in [1.807, 2.05) is 49.4 Å². The van der Waals surface area contributed by atoms with Gasteiger partial charge in [-0.25, -0.2) is 4.79 Å². The highest BCUT2D eigenvalue weighted by Gasteiger charge is 2.27. The van der Waals surface area contributed by atoms with Crippen LogP contribution < -0.4 is 16.4 Å². The molecule has 0 heterocycles. The molecule has 0 spiro atoms. The molecule has 40 heavy (non-hydrogen) atoms. The summed E-state index contributed by atoms with van der Waals surface area (Å²) in [6, 6.07) is 23.9. The Kier molecular flexibility index (Phi) is 9.84. The number of allylic oxidation sites excluding steroid dienone is 1. The van der Waals surface area contributed by atoms with Crippen molar-refractivity contribution in [1.82, 2.24) is 0 Å². The van der Waals surface area contributed by atoms with Crippen molar-refractivity contribution in [3.63, 3.8) is 0 Å². The minimum Gasteiger partial charge on any atom is -0.506 e. The number of amides is 2. The van der Waals surface area contributed by atoms with Gasteiger partial charge in [-0.3, -0.25) is 10.1 Å². The second kappa shape index (κ2) is 13.5. The number of anilines is 3. The fraction of sp³-hybridized carbons (Fsp3) is 0.161. The molecule has 2 amide bonds. The van der Waals surface area contributed by atoms with Gasteiger partial charge >= 0.3 is 6.09 Å². The van der Waals surface area contributed by atoms with E-state index in [0.29, 0.717) is 39.9 Å². The van der Waals surface area contributed by atoms with Crippen LogP contribution in [-0.2, 0) is 9.53 Å². The van der Waals surface area contributed by atoms with Gasteiger partial charge in [-0.2, -0.15) is 0 Å². The van der Waals surface area contributed by atoms with Crippen molar-refractivity contribution in [2.24, 2.45) is 5.92 Å². The zero-order valence-electron chi connectivity index (χ0n) is 21.7. The Hall–Kier alpha value is -3.82. The van der Waals surface area contributed by atoms with Crippen molar-refractivity contribution >= 4 is 71.7 Å². The van der Waals surface area contributed by atoms with E-state index in [1.165, 1.54) is 6.08 Å². The molecule has 7 nitrogen and oxygen atoms in total. The van der Waals surface area contributed by atoms with E-state index in [4.69, 9.17) is 10.5 Å². The van der Waals surface area contributed by atoms with E-state index < -0.39 is 12.2 Å². The predicted octanol–water partition coefficient (Wildman–Crippen LogP) is 8.55. The molecule has 0 radical (unpaired) electrons. The zero-order valence-corrected chi connectivity index (χ0v) is 24.9. The Balaban J connectivity index is 1.47. The number of halogens is 2. The smallest absolute Gasteiger partial charge is 0.412 e. The molecule has 0 saturated heterocycles. The lowest BCUT2D eigenvalue weighted by Gasteiger charge is -2.26. The largest absolute Gasteiger partial charge is 0.506 e. The highest BCUT2D eigenvalue weighted by Crippen LogP contribution is 2.41. The van der Waals surface area contributed by atoms with Crippen molar-refractivity contribution < 1.29 is 19.4 Å². The number of ether oxygens (including phenoxy) is 1. The molecule has 9 heteroatoms. The van der Waals surface area contributed by atoms with Crippen molar-refractivity contribution in [2.45, 2.75) is 25.9 Å². The Bertz CT molecular complexity index is 1550. The quantitative estimate of drug-likeness (QED) is 0.106. The number of aromatic hydroxyl groups is 1. The first-order valence-electron chi connectivity index (χ1n) is 12.7. The summed E-state index contributed by atoms with van der Waals surface area (Å²) >= 11 is 6.83. The van der Waals surface area contributed by atoms with Crippen molar-refractivity contribution in [3.05, 3.63) is 106 Å². The average molecular weight is 667 g/mol. The number of benzene rings is 4. The predicted molar refractivity (Wildman–Crippen MR) is 167 cm³/mol. The molecule has 5 N–H and O–H groups in total. The molecule has 0 bridgehead atoms. The summed E-state index contributed by atoms with van der Waals surface area (Å²) in [5.41, 5.74) is 8.01. The lowest BCUT2D eigenvalue weighted by Crippen LogP contribution is -2.22. The van der Waals surface area contributed by atoms with Crippen LogP contribution in [0.3, 0.4) is 0 Å². The number of fused-ring (bicyclic) bond motifs is 1. The Labute approximate surface area is 249 Å². The summed E-state index contributed by atoms with van der Waals surface area (Å²) in [5.74, 6) is -0.502. The summed E-state index contributed by atoms with van der Waals surface area (Å²) < 4.78 is 7.14. The fourth-order valence-corrected chi connectivity index (χ4v) is 5.62. The molecule has 206 valence electrons. The second-order valence-corrected chi connectivity index (χ2v) is 11.1. The molecule has 0 saturated carbocycles. The number of phenols is 1. The van der Waals surface area contributed by atoms with E-state index in [-0.39, 0.29) is 17.6 Å². The molecule has 0 aliphatic heterocycles. The monoisotopic (exact) mass is 665 g/mol. The van der Waals surface area contributed by atoms with Gasteiger partial charge in [0.05, 0.1) is 21.5 Å². The van der Waals surface area contributed by atoms with Crippen molar-refractivity contribution in [2.75, 3.05) is 16.4 Å². The number of para-hydroxylation sites is 2. The first-order chi connectivity index (χ1) is 19.2. The molecule has 2 atom stereocenters. The Morgan fingerprint density at radius 3 is 2.48 bits per heavy atom. The van der Waals surface area contributed by atoms with Crippen LogP contribution in [0.25, 0.3) is 10.8 Å². The third kappa shape index (κ3) is 7.43. The molecule has 4 rings (SSSR count). The number of carbonyl (C=O) groups is 2. The number of carbonyl (C=O) groups excluding carboxylic acids is 2. The zero-order chi connectivity index (χ0) is 28.6. The van der Waals surface area contributed by atoms with Crippen molar-refractivity contribution in [1.29, 1.82) is 0 Å². The van der Waals surface area contributed by atoms with Gasteiger partial charge in [0.1, 0.15) is 11.9 Å². The fourth-order valence-electron chi connectivity index (χ4n) is 4.36. The third-order valence-electron chi connectivity index (χ3n) is 6.42. The molecule has 0 fully saturated rings. The highest BCUT2D eigenvalue weighted by atomic mass is 79.9. The number of hydrogen-bond acceptors (Lipinski definition) is 5. The van der Waals surface area contributed by atoms with E-state index >= 15 is 0 Å². The third-order valence-corrected chi connectivity index (χ3v) is 7.48. The number of hydrogen-bond donors (Lipinski definition) is 4. The Morgan fingerprint density at radius 2 is 1.68 bits per heavy atom. The molecule has 4 aromatic rings. The molecule has 0 aliphatic carbocycles. The van der Waals surface area contributed by atoms with Gasteiger partial charge in [0.25, 0.3) is 0 Å². The lowest BCUT2D eigenvalue weighted by molar-refractivity contribution is -0.111. The summed E-state index contributed by atoms with van der Waals surface area (Å²) in [5, 5.41) is 18.3. The topological polar surface area (TPSA) is 114 Å². The van der Waals surface area contributed by atoms with E-state index in [2.05, 4.69) is 42.5 Å². The summed E-state index contributed by atoms with van der Waals surface area (Å²) in [7, 11) is 0. The molecular weight excluding hydrogens is 638 g/mol. The maximum Gasteiger partial charge on any atom is 0.412 e. The standard InChI is InChI=1S/C31H29Br2N3O4/c1-19(9-2-7-16-28(37)35-27-14-6-5-13-25(27)34)30(23-17-21(32)18-24(33)29(23)38)40-31(39)36-26-15-8-11-20-10-3-4-12-22(20)26/h3-8,10-19,30,38H,2,9,34H2,1H3,(H,35,37)(H,36,39)/b16-7+/t19-,30-/m0/s1. The summed E-state index contributed by atoms with van der Waals surface area (Å²) in [4.78, 5) is 25.5. The van der Waals surface area contributed by atoms with Crippen LogP contribution in [0.4, 0.5) is 21.9 Å². The van der Waals surface area contributed by atoms with Gasteiger partial charge in [-0.05, 0) is 76.5 Å².